The molecular formula is C44H54IrNO3-. The number of allylic oxidation sites excluding steroid dienone is 2. The maximum atomic E-state index is 11.7. The predicted octanol–water partition coefficient (Wildman–Crippen LogP) is 12.5. The first-order valence-corrected chi connectivity index (χ1v) is 17.8. The minimum atomic E-state index is 0. The maximum absolute atomic E-state index is 11.7. The monoisotopic (exact) mass is 837 g/mol. The second-order valence-electron chi connectivity index (χ2n) is 14.4. The summed E-state index contributed by atoms with van der Waals surface area (Å²) in [4.78, 5) is 16.4. The number of aromatic nitrogens is 1. The molecule has 0 saturated heterocycles. The van der Waals surface area contributed by atoms with Gasteiger partial charge in [-0.05, 0) is 78.3 Å². The molecule has 0 spiro atoms. The van der Waals surface area contributed by atoms with Crippen LogP contribution in [0.1, 0.15) is 99.1 Å². The van der Waals surface area contributed by atoms with E-state index in [1.165, 1.54) is 28.0 Å². The SMILES string of the molecule is CC(C)Cc1cc(-c2ccnc(-c3[c-]c4ccccc4c(C(C)(C)C)c3)c2)cc2occc12.CCC(CC)C(=O)/C=C(\O)C(CC)CC.[Ir]. The minimum Gasteiger partial charge on any atom is -0.512 e. The standard InChI is InChI=1S/C31H30NO.C13H24O2.Ir/c1-20(2)14-24-16-23(19-30-27(24)11-13-33-30)21-10-12-32-29(18-21)25-15-22-8-6-7-9-26(22)28(17-25)31(3,4)5;1-5-10(6-2)12(14)9-13(15)11(7-3)8-4;/h6-13,16-20H,14H2,1-5H3;9-11,14H,5-8H2,1-4H3;/q-1;;/b;12-9-;. The van der Waals surface area contributed by atoms with E-state index < -0.39 is 0 Å². The van der Waals surface area contributed by atoms with Gasteiger partial charge in [-0.2, -0.15) is 0 Å². The van der Waals surface area contributed by atoms with E-state index >= 15 is 0 Å². The van der Waals surface area contributed by atoms with Crippen molar-refractivity contribution in [3.8, 4) is 22.4 Å². The largest absolute Gasteiger partial charge is 0.512 e. The molecule has 0 amide bonds. The Balaban J connectivity index is 0.000000347. The Labute approximate surface area is 307 Å². The van der Waals surface area contributed by atoms with Gasteiger partial charge in [-0.25, -0.2) is 0 Å². The molecule has 4 nitrogen and oxygen atoms in total. The molecule has 0 saturated carbocycles. The van der Waals surface area contributed by atoms with E-state index in [9.17, 15) is 9.90 Å². The van der Waals surface area contributed by atoms with Gasteiger partial charge in [0.15, 0.2) is 5.78 Å². The van der Waals surface area contributed by atoms with Gasteiger partial charge in [-0.1, -0.05) is 104 Å². The number of ketones is 1. The Morgan fingerprint density at radius 1 is 0.878 bits per heavy atom. The summed E-state index contributed by atoms with van der Waals surface area (Å²) >= 11 is 0. The number of rotatable bonds is 11. The fraction of sp³-hybridized carbons (Fsp3) is 0.409. The van der Waals surface area contributed by atoms with Crippen molar-refractivity contribution in [2.75, 3.05) is 0 Å². The first kappa shape index (κ1) is 39.9. The third-order valence-electron chi connectivity index (χ3n) is 9.32. The molecule has 1 radical (unpaired) electrons. The molecule has 5 aromatic rings. The van der Waals surface area contributed by atoms with Crippen LogP contribution in [0.5, 0.6) is 0 Å². The molecule has 0 aliphatic carbocycles. The Kier molecular flexibility index (Phi) is 14.6. The number of benzene rings is 3. The van der Waals surface area contributed by atoms with Crippen LogP contribution in [-0.4, -0.2) is 15.9 Å². The second-order valence-corrected chi connectivity index (χ2v) is 14.4. The van der Waals surface area contributed by atoms with Gasteiger partial charge in [0.1, 0.15) is 5.58 Å². The van der Waals surface area contributed by atoms with E-state index in [1.807, 2.05) is 33.9 Å². The molecule has 0 fully saturated rings. The van der Waals surface area contributed by atoms with Crippen molar-refractivity contribution < 1.29 is 34.4 Å². The predicted molar refractivity (Wildman–Crippen MR) is 202 cm³/mol. The quantitative estimate of drug-likeness (QED) is 0.0818. The van der Waals surface area contributed by atoms with E-state index in [0.29, 0.717) is 5.92 Å². The van der Waals surface area contributed by atoms with Crippen molar-refractivity contribution in [1.29, 1.82) is 0 Å². The van der Waals surface area contributed by atoms with Gasteiger partial charge < -0.3 is 9.52 Å². The number of pyridine rings is 1. The zero-order valence-corrected chi connectivity index (χ0v) is 33.2. The maximum Gasteiger partial charge on any atom is 0.162 e. The average molecular weight is 837 g/mol. The van der Waals surface area contributed by atoms with Crippen LogP contribution in [-0.2, 0) is 36.7 Å². The van der Waals surface area contributed by atoms with Crippen LogP contribution in [0.3, 0.4) is 0 Å². The summed E-state index contributed by atoms with van der Waals surface area (Å²) < 4.78 is 5.80. The molecule has 0 unspecified atom stereocenters. The third-order valence-corrected chi connectivity index (χ3v) is 9.32. The normalized spacial score (nSPS) is 12.0. The Morgan fingerprint density at radius 2 is 1.55 bits per heavy atom. The first-order chi connectivity index (χ1) is 22.9. The number of nitrogens with zero attached hydrogens (tertiary/aromatic N) is 1. The fourth-order valence-electron chi connectivity index (χ4n) is 6.45. The summed E-state index contributed by atoms with van der Waals surface area (Å²) in [5, 5.41) is 13.4. The number of carbonyl (C=O) groups excluding carboxylic acids is 1. The van der Waals surface area contributed by atoms with E-state index in [1.54, 1.807) is 6.26 Å². The second kappa shape index (κ2) is 17.9. The molecule has 0 atom stereocenters. The molecule has 5 heteroatoms. The Morgan fingerprint density at radius 3 is 2.18 bits per heavy atom. The number of fused-ring (bicyclic) bond motifs is 2. The Hall–Kier alpha value is -3.53. The molecule has 1 N–H and O–H groups in total. The Bertz CT molecular complexity index is 1850. The summed E-state index contributed by atoms with van der Waals surface area (Å²) in [5.41, 5.74) is 7.88. The minimum absolute atomic E-state index is 0. The number of carbonyl (C=O) groups is 1. The van der Waals surface area contributed by atoms with Crippen LogP contribution < -0.4 is 0 Å². The van der Waals surface area contributed by atoms with Crippen LogP contribution in [0.2, 0.25) is 0 Å². The van der Waals surface area contributed by atoms with Gasteiger partial charge in [-0.3, -0.25) is 9.78 Å². The molecule has 0 bridgehead atoms. The van der Waals surface area contributed by atoms with Gasteiger partial charge in [-0.15, -0.1) is 29.1 Å². The molecule has 2 aromatic heterocycles. The molecule has 0 aliphatic rings. The molecule has 263 valence electrons. The molecular weight excluding hydrogens is 783 g/mol. The smallest absolute Gasteiger partial charge is 0.162 e. The van der Waals surface area contributed by atoms with Gasteiger partial charge in [0.2, 0.25) is 0 Å². The average Bonchev–Trinajstić information content (AvgIpc) is 3.54. The number of aliphatic hydroxyl groups excluding tert-OH is 1. The van der Waals surface area contributed by atoms with Crippen LogP contribution in [0, 0.1) is 23.8 Å². The van der Waals surface area contributed by atoms with Crippen LogP contribution in [0.25, 0.3) is 44.1 Å². The van der Waals surface area contributed by atoms with Crippen molar-refractivity contribution in [1.82, 2.24) is 4.98 Å². The summed E-state index contributed by atoms with van der Waals surface area (Å²) in [7, 11) is 0. The zero-order valence-electron chi connectivity index (χ0n) is 30.8. The van der Waals surface area contributed by atoms with E-state index in [2.05, 4.69) is 101 Å². The topological polar surface area (TPSA) is 63.3 Å². The van der Waals surface area contributed by atoms with Crippen molar-refractivity contribution >= 4 is 27.5 Å². The number of furan rings is 1. The van der Waals surface area contributed by atoms with Crippen molar-refractivity contribution in [2.24, 2.45) is 17.8 Å². The summed E-state index contributed by atoms with van der Waals surface area (Å²) in [5.74, 6) is 1.13. The zero-order chi connectivity index (χ0) is 35.0. The van der Waals surface area contributed by atoms with Crippen molar-refractivity contribution in [3.05, 3.63) is 102 Å². The van der Waals surface area contributed by atoms with Gasteiger partial charge in [0, 0.05) is 55.3 Å². The van der Waals surface area contributed by atoms with E-state index in [0.717, 1.165) is 65.5 Å². The van der Waals surface area contributed by atoms with Crippen molar-refractivity contribution in [3.63, 3.8) is 0 Å². The van der Waals surface area contributed by atoms with E-state index in [-0.39, 0.29) is 48.9 Å². The fourth-order valence-corrected chi connectivity index (χ4v) is 6.45. The van der Waals surface area contributed by atoms with Gasteiger partial charge in [0.05, 0.1) is 12.0 Å². The number of aliphatic hydroxyl groups is 1. The first-order valence-electron chi connectivity index (χ1n) is 17.8. The number of hydrogen-bond donors (Lipinski definition) is 1. The van der Waals surface area contributed by atoms with E-state index in [4.69, 9.17) is 9.40 Å². The van der Waals surface area contributed by atoms with Crippen LogP contribution in [0.15, 0.2) is 89.4 Å². The number of hydrogen-bond acceptors (Lipinski definition) is 4. The molecule has 2 heterocycles. The molecule has 3 aromatic carbocycles. The summed E-state index contributed by atoms with van der Waals surface area (Å²) in [6, 6.07) is 25.2. The molecule has 49 heavy (non-hydrogen) atoms. The summed E-state index contributed by atoms with van der Waals surface area (Å²) in [6.07, 6.45) is 9.62. The van der Waals surface area contributed by atoms with Gasteiger partial charge >= 0.3 is 0 Å². The molecule has 0 aliphatic heterocycles. The van der Waals surface area contributed by atoms with Crippen LogP contribution in [0.4, 0.5) is 0 Å². The van der Waals surface area contributed by atoms with Gasteiger partial charge in [0.25, 0.3) is 0 Å². The van der Waals surface area contributed by atoms with Crippen molar-refractivity contribution in [2.45, 2.75) is 99.8 Å². The molecule has 5 rings (SSSR count). The third kappa shape index (κ3) is 10.0. The van der Waals surface area contributed by atoms with Crippen LogP contribution >= 0.6 is 0 Å². The summed E-state index contributed by atoms with van der Waals surface area (Å²) in [6.45, 7) is 19.4.